The Kier molecular flexibility index (Phi) is 6.87. The molecule has 0 saturated carbocycles. The van der Waals surface area contributed by atoms with Crippen LogP contribution in [0.2, 0.25) is 0 Å². The molecule has 0 saturated heterocycles. The van der Waals surface area contributed by atoms with Gasteiger partial charge in [0.05, 0.1) is 11.6 Å². The van der Waals surface area contributed by atoms with Crippen molar-refractivity contribution in [3.05, 3.63) is 28.2 Å². The lowest BCUT2D eigenvalue weighted by atomic mass is 10.2. The van der Waals surface area contributed by atoms with Gasteiger partial charge in [0.2, 0.25) is 0 Å². The highest BCUT2D eigenvalue weighted by Crippen LogP contribution is 2.25. The predicted molar refractivity (Wildman–Crippen MR) is 80.8 cm³/mol. The Bertz CT molecular complexity index is 420. The van der Waals surface area contributed by atoms with Crippen LogP contribution in [0.3, 0.4) is 0 Å². The van der Waals surface area contributed by atoms with Gasteiger partial charge < -0.3 is 15.0 Å². The summed E-state index contributed by atoms with van der Waals surface area (Å²) < 4.78 is 5.92. The second-order valence-electron chi connectivity index (χ2n) is 4.13. The highest BCUT2D eigenvalue weighted by molar-refractivity contribution is 9.10. The van der Waals surface area contributed by atoms with Crippen molar-refractivity contribution in [1.82, 2.24) is 10.2 Å². The normalized spacial score (nSPS) is 10.6. The number of amides is 1. The third kappa shape index (κ3) is 4.84. The molecule has 0 unspecified atom stereocenters. The van der Waals surface area contributed by atoms with E-state index in [0.717, 1.165) is 29.9 Å². The Balaban J connectivity index is 2.52. The monoisotopic (exact) mass is 328 g/mol. The van der Waals surface area contributed by atoms with Gasteiger partial charge >= 0.3 is 0 Å². The molecule has 0 bridgehead atoms. The number of nitrogens with zero attached hydrogens (tertiary/aromatic N) is 1. The van der Waals surface area contributed by atoms with Crippen molar-refractivity contribution in [2.75, 3.05) is 33.3 Å². The van der Waals surface area contributed by atoms with Crippen molar-refractivity contribution >= 4 is 21.8 Å². The maximum Gasteiger partial charge on any atom is 0.251 e. The molecule has 106 valence electrons. The lowest BCUT2D eigenvalue weighted by molar-refractivity contribution is 0.0949. The largest absolute Gasteiger partial charge is 0.496 e. The second kappa shape index (κ2) is 8.17. The Morgan fingerprint density at radius 3 is 2.58 bits per heavy atom. The van der Waals surface area contributed by atoms with E-state index < -0.39 is 0 Å². The van der Waals surface area contributed by atoms with Gasteiger partial charge in [0.25, 0.3) is 5.91 Å². The predicted octanol–water partition coefficient (Wildman–Crippen LogP) is 2.53. The van der Waals surface area contributed by atoms with Gasteiger partial charge in [-0.1, -0.05) is 13.8 Å². The average Bonchev–Trinajstić information content (AvgIpc) is 2.43. The van der Waals surface area contributed by atoms with Crippen LogP contribution in [0.5, 0.6) is 5.75 Å². The summed E-state index contributed by atoms with van der Waals surface area (Å²) in [5.74, 6) is 0.662. The van der Waals surface area contributed by atoms with E-state index in [1.54, 1.807) is 25.3 Å². The Morgan fingerprint density at radius 1 is 1.37 bits per heavy atom. The van der Waals surface area contributed by atoms with Crippen molar-refractivity contribution < 1.29 is 9.53 Å². The fourth-order valence-electron chi connectivity index (χ4n) is 1.78. The summed E-state index contributed by atoms with van der Waals surface area (Å²) in [6, 6.07) is 5.31. The van der Waals surface area contributed by atoms with Crippen molar-refractivity contribution in [3.8, 4) is 5.75 Å². The van der Waals surface area contributed by atoms with Gasteiger partial charge in [0.15, 0.2) is 0 Å². The number of nitrogens with one attached hydrogen (secondary N) is 1. The molecule has 1 aromatic carbocycles. The van der Waals surface area contributed by atoms with E-state index in [-0.39, 0.29) is 5.91 Å². The minimum Gasteiger partial charge on any atom is -0.496 e. The van der Waals surface area contributed by atoms with Crippen LogP contribution in [0.1, 0.15) is 24.2 Å². The lowest BCUT2D eigenvalue weighted by Gasteiger charge is -2.18. The smallest absolute Gasteiger partial charge is 0.251 e. The summed E-state index contributed by atoms with van der Waals surface area (Å²) in [5.41, 5.74) is 0.632. The molecule has 1 aromatic rings. The molecule has 0 heterocycles. The molecule has 0 aliphatic rings. The SMILES string of the molecule is CCN(CC)CCNC(=O)c1ccc(OC)c(Br)c1. The number of carbonyl (C=O) groups is 1. The van der Waals surface area contributed by atoms with E-state index in [1.807, 2.05) is 0 Å². The number of carbonyl (C=O) groups excluding carboxylic acids is 1. The highest BCUT2D eigenvalue weighted by Gasteiger charge is 2.08. The first-order valence-corrected chi connectivity index (χ1v) is 7.25. The van der Waals surface area contributed by atoms with E-state index in [9.17, 15) is 4.79 Å². The topological polar surface area (TPSA) is 41.6 Å². The van der Waals surface area contributed by atoms with Crippen LogP contribution >= 0.6 is 15.9 Å². The van der Waals surface area contributed by atoms with E-state index >= 15 is 0 Å². The van der Waals surface area contributed by atoms with Crippen molar-refractivity contribution in [3.63, 3.8) is 0 Å². The Hall–Kier alpha value is -1.07. The van der Waals surface area contributed by atoms with E-state index in [1.165, 1.54) is 0 Å². The summed E-state index contributed by atoms with van der Waals surface area (Å²) in [4.78, 5) is 14.2. The first-order chi connectivity index (χ1) is 9.12. The van der Waals surface area contributed by atoms with E-state index in [0.29, 0.717) is 12.1 Å². The third-order valence-electron chi connectivity index (χ3n) is 3.02. The Labute approximate surface area is 123 Å². The number of hydrogen-bond donors (Lipinski definition) is 1. The molecule has 0 radical (unpaired) electrons. The van der Waals surface area contributed by atoms with Crippen LogP contribution in [0.25, 0.3) is 0 Å². The highest BCUT2D eigenvalue weighted by atomic mass is 79.9. The van der Waals surface area contributed by atoms with Crippen molar-refractivity contribution in [2.45, 2.75) is 13.8 Å². The fraction of sp³-hybridized carbons (Fsp3) is 0.500. The van der Waals surface area contributed by atoms with Crippen LogP contribution in [-0.2, 0) is 0 Å². The number of halogens is 1. The standard InChI is InChI=1S/C14H21BrN2O2/c1-4-17(5-2)9-8-16-14(18)11-6-7-13(19-3)12(15)10-11/h6-7,10H,4-5,8-9H2,1-3H3,(H,16,18). The number of methoxy groups -OCH3 is 1. The van der Waals surface area contributed by atoms with E-state index in [2.05, 4.69) is 40.0 Å². The second-order valence-corrected chi connectivity index (χ2v) is 4.99. The number of hydrogen-bond acceptors (Lipinski definition) is 3. The average molecular weight is 329 g/mol. The number of ether oxygens (including phenoxy) is 1. The summed E-state index contributed by atoms with van der Waals surface area (Å²) >= 11 is 3.38. The molecule has 0 aliphatic heterocycles. The number of benzene rings is 1. The van der Waals surface area contributed by atoms with Crippen molar-refractivity contribution in [2.24, 2.45) is 0 Å². The van der Waals surface area contributed by atoms with Gasteiger partial charge in [-0.3, -0.25) is 4.79 Å². The zero-order valence-corrected chi connectivity index (χ0v) is 13.3. The minimum atomic E-state index is -0.0597. The number of rotatable bonds is 7. The molecule has 0 aromatic heterocycles. The van der Waals surface area contributed by atoms with Crippen LogP contribution in [0, 0.1) is 0 Å². The summed E-state index contributed by atoms with van der Waals surface area (Å²) in [7, 11) is 1.60. The third-order valence-corrected chi connectivity index (χ3v) is 3.64. The van der Waals surface area contributed by atoms with Crippen LogP contribution in [0.4, 0.5) is 0 Å². The molecular weight excluding hydrogens is 308 g/mol. The van der Waals surface area contributed by atoms with Gasteiger partial charge in [-0.15, -0.1) is 0 Å². The maximum atomic E-state index is 12.0. The molecule has 5 heteroatoms. The zero-order chi connectivity index (χ0) is 14.3. The Morgan fingerprint density at radius 2 is 2.05 bits per heavy atom. The van der Waals surface area contributed by atoms with Crippen molar-refractivity contribution in [1.29, 1.82) is 0 Å². The molecule has 4 nitrogen and oxygen atoms in total. The summed E-state index contributed by atoms with van der Waals surface area (Å²) in [6.45, 7) is 7.76. The molecule has 0 fully saturated rings. The van der Waals surface area contributed by atoms with Crippen LogP contribution in [-0.4, -0.2) is 44.1 Å². The molecule has 1 rings (SSSR count). The molecule has 1 amide bonds. The van der Waals surface area contributed by atoms with Gasteiger partial charge in [0.1, 0.15) is 5.75 Å². The van der Waals surface area contributed by atoms with Crippen LogP contribution in [0.15, 0.2) is 22.7 Å². The van der Waals surface area contributed by atoms with Gasteiger partial charge in [-0.25, -0.2) is 0 Å². The van der Waals surface area contributed by atoms with Crippen LogP contribution < -0.4 is 10.1 Å². The molecule has 0 atom stereocenters. The first kappa shape index (κ1) is 16.0. The first-order valence-electron chi connectivity index (χ1n) is 6.46. The fourth-order valence-corrected chi connectivity index (χ4v) is 2.32. The van der Waals surface area contributed by atoms with Gasteiger partial charge in [0, 0.05) is 18.7 Å². The van der Waals surface area contributed by atoms with E-state index in [4.69, 9.17) is 4.74 Å². The molecule has 0 aliphatic carbocycles. The minimum absolute atomic E-state index is 0.0597. The lowest BCUT2D eigenvalue weighted by Crippen LogP contribution is -2.34. The van der Waals surface area contributed by atoms with Gasteiger partial charge in [-0.05, 0) is 47.2 Å². The number of likely N-dealkylation sites (N-methyl/N-ethyl adjacent to an activating group) is 1. The molecular formula is C14H21BrN2O2. The summed E-state index contributed by atoms with van der Waals surface area (Å²) in [6.07, 6.45) is 0. The summed E-state index contributed by atoms with van der Waals surface area (Å²) in [5, 5.41) is 2.92. The maximum absolute atomic E-state index is 12.0. The molecule has 1 N–H and O–H groups in total. The zero-order valence-electron chi connectivity index (χ0n) is 11.7. The molecule has 19 heavy (non-hydrogen) atoms. The van der Waals surface area contributed by atoms with Gasteiger partial charge in [-0.2, -0.15) is 0 Å². The quantitative estimate of drug-likeness (QED) is 0.836. The molecule has 0 spiro atoms.